The van der Waals surface area contributed by atoms with Crippen LogP contribution in [-0.4, -0.2) is 179 Å². The Kier molecular flexibility index (Phi) is 34.6. The van der Waals surface area contributed by atoms with E-state index >= 15 is 0 Å². The largest absolute Gasteiger partial charge is 0.481 e. The smallest absolute Gasteiger partial charge is 0.412 e. The number of rotatable bonds is 37. The highest BCUT2D eigenvalue weighted by Gasteiger charge is 2.37. The molecule has 9 aromatic rings. The highest BCUT2D eigenvalue weighted by atomic mass is 35.5. The molecule has 0 spiro atoms. The molecule has 0 saturated carbocycles. The summed E-state index contributed by atoms with van der Waals surface area (Å²) >= 11 is 6.46. The number of H-pyrrole nitrogens is 3. The van der Waals surface area contributed by atoms with E-state index in [4.69, 9.17) is 57.8 Å². The maximum atomic E-state index is 14.1. The van der Waals surface area contributed by atoms with E-state index < -0.39 is 71.4 Å². The van der Waals surface area contributed by atoms with E-state index in [0.29, 0.717) is 83.0 Å². The van der Waals surface area contributed by atoms with Crippen LogP contribution < -0.4 is 59.0 Å². The quantitative estimate of drug-likeness (QED) is 0.00472. The van der Waals surface area contributed by atoms with Gasteiger partial charge in [-0.05, 0) is 122 Å². The fourth-order valence-corrected chi connectivity index (χ4v) is 15.0. The summed E-state index contributed by atoms with van der Waals surface area (Å²) in [6.07, 6.45) is 2.62. The van der Waals surface area contributed by atoms with Gasteiger partial charge in [0.2, 0.25) is 17.8 Å². The number of alkyl halides is 1. The van der Waals surface area contributed by atoms with Crippen molar-refractivity contribution in [2.45, 2.75) is 110 Å². The van der Waals surface area contributed by atoms with Gasteiger partial charge >= 0.3 is 30.3 Å². The molecule has 4 aromatic heterocycles. The lowest BCUT2D eigenvalue weighted by molar-refractivity contribution is -0.193. The first-order valence-electron chi connectivity index (χ1n) is 36.1. The number of fused-ring (bicyclic) bond motifs is 6. The predicted molar refractivity (Wildman–Crippen MR) is 432 cm³/mol. The Balaban J connectivity index is 0.000000301. The van der Waals surface area contributed by atoms with E-state index in [1.165, 1.54) is 41.8 Å². The zero-order valence-electron chi connectivity index (χ0n) is 63.3. The van der Waals surface area contributed by atoms with Crippen molar-refractivity contribution in [3.63, 3.8) is 0 Å². The molecule has 0 fully saturated rings. The molecule has 5 aromatic carbocycles. The summed E-state index contributed by atoms with van der Waals surface area (Å²) in [5.74, 6) is -4.65. The SMILES string of the molecule is CC(=O)[C@H](CC(=O)O)NC(=O)[C@H](CCCN=C(N)N)CC(=O)[C@H](C)NC(=O)CCCNC(=O)c1ccc(NCc2cnc3nc(N)[nH]c(=O)c3n2)cc1.CC[C@@H](CSSCCC(=O)Cc1ccc2[nH]c(C(=O)Cc3ccc4[nH]c(C(=O)N5CC(CCl)c6c5cc(OC(=O)NC)c5ccccc65)cc4c3)cc2c1)C(=O)O.O=C=O.O=C=O. The Morgan fingerprint density at radius 3 is 2.07 bits per heavy atom. The van der Waals surface area contributed by atoms with E-state index in [9.17, 15) is 62.6 Å². The van der Waals surface area contributed by atoms with E-state index in [2.05, 4.69) is 61.5 Å². The summed E-state index contributed by atoms with van der Waals surface area (Å²) in [6, 6.07) is 28.7. The molecule has 5 heterocycles. The standard InChI is InChI=1S/C43H41ClN4O7S2.C33H44N12O8.2CO2/c1-3-26(42(52)53)23-57-56-13-12-30(49)16-24-8-10-33-27(14-24)18-35(46-33)38(50)17-25-9-11-34-28(15-25)19-36(47-34)41(51)48-22-29(21-44)40-32-7-5-4-6-31(32)39(20-37(40)48)55-43(54)45-2;1-17(24(47)13-20(5-3-12-38-32(34)35)30(52)43-23(18(2)46)14-26(49)50)41-25(48)6-4-11-37-29(51)19-7-9-21(10-8-19)39-15-22-16-40-28-27(42-22)31(53)45-33(36)44-28;2*2-1-3/h4-11,14-15,18-20,26,29,46-47H,3,12-13,16-17,21-23H2,1-2H3,(H,45,54)(H,52,53);7-10,16-17,20,23,39H,3-6,11-15H2,1-2H3,(H,37,51)(H,41,48)(H,43,52)(H,49,50)(H4,34,35,38)(H3,36,40,44,45,53);;/t26-,29?;17-,20+,23-;;/m00../s1. The van der Waals surface area contributed by atoms with Crippen LogP contribution in [-0.2, 0) is 72.1 Å². The summed E-state index contributed by atoms with van der Waals surface area (Å²) in [5, 5.41) is 34.9. The Labute approximate surface area is 674 Å². The number of carboxylic acids is 2. The van der Waals surface area contributed by atoms with Crippen LogP contribution in [0.5, 0.6) is 5.75 Å². The van der Waals surface area contributed by atoms with Crippen LogP contribution in [0.15, 0.2) is 119 Å². The number of Topliss-reactive ketones (excluding diaryl/α,β-unsaturated/α-hetero) is 4. The highest BCUT2D eigenvalue weighted by Crippen LogP contribution is 2.46. The first-order chi connectivity index (χ1) is 55.5. The second-order valence-corrected chi connectivity index (χ2v) is 29.3. The number of hydrogen-bond donors (Lipinski definition) is 13. The molecule has 0 aliphatic carbocycles. The third-order valence-corrected chi connectivity index (χ3v) is 21.0. The molecule has 16 N–H and O–H groups in total. The molecule has 610 valence electrons. The lowest BCUT2D eigenvalue weighted by Gasteiger charge is -2.21. The number of aromatic nitrogens is 6. The lowest BCUT2D eigenvalue weighted by Crippen LogP contribution is -2.46. The third kappa shape index (κ3) is 26.3. The second-order valence-electron chi connectivity index (χ2n) is 26.4. The van der Waals surface area contributed by atoms with Gasteiger partial charge in [-0.3, -0.25) is 62.7 Å². The number of aliphatic carboxylic acids is 2. The number of nitrogen functional groups attached to an aromatic ring is 1. The molecular weight excluding hydrogens is 1560 g/mol. The van der Waals surface area contributed by atoms with Gasteiger partial charge in [-0.15, -0.1) is 11.6 Å². The third-order valence-electron chi connectivity index (χ3n) is 18.1. The molecule has 5 atom stereocenters. The number of benzene rings is 5. The van der Waals surface area contributed by atoms with Crippen molar-refractivity contribution in [2.24, 2.45) is 28.3 Å². The number of carboxylic acid groups (broad SMARTS) is 2. The molecule has 0 saturated heterocycles. The first-order valence-corrected chi connectivity index (χ1v) is 39.1. The van der Waals surface area contributed by atoms with Gasteiger partial charge in [0.05, 0.1) is 54.2 Å². The fourth-order valence-electron chi connectivity index (χ4n) is 12.3. The number of carbonyl (C=O) groups is 11. The summed E-state index contributed by atoms with van der Waals surface area (Å²) < 4.78 is 5.61. The lowest BCUT2D eigenvalue weighted by atomic mass is 9.93. The number of hydrogen-bond acceptors (Lipinski definition) is 25. The second kappa shape index (κ2) is 44.5. The Morgan fingerprint density at radius 2 is 1.44 bits per heavy atom. The molecule has 1 unspecified atom stereocenters. The fraction of sp³-hybridized carbons (Fsp3) is 0.333. The maximum absolute atomic E-state index is 14.1. The number of nitrogens with one attached hydrogen (secondary N) is 8. The number of nitrogens with two attached hydrogens (primary N) is 3. The number of nitrogens with zero attached hydrogens (tertiary/aromatic N) is 5. The van der Waals surface area contributed by atoms with Gasteiger partial charge in [-0.1, -0.05) is 64.9 Å². The van der Waals surface area contributed by atoms with Crippen LogP contribution in [0.25, 0.3) is 43.7 Å². The van der Waals surface area contributed by atoms with Crippen molar-refractivity contribution in [1.29, 1.82) is 0 Å². The van der Waals surface area contributed by atoms with Gasteiger partial charge in [0.15, 0.2) is 34.5 Å². The zero-order chi connectivity index (χ0) is 84.7. The minimum atomic E-state index is -1.28. The maximum Gasteiger partial charge on any atom is 0.412 e. The molecule has 116 heavy (non-hydrogen) atoms. The summed E-state index contributed by atoms with van der Waals surface area (Å²) in [5.41, 5.74) is 23.1. The highest BCUT2D eigenvalue weighted by molar-refractivity contribution is 8.76. The number of carbonyl (C=O) groups excluding carboxylic acids is 13. The molecule has 10 rings (SSSR count). The van der Waals surface area contributed by atoms with Gasteiger partial charge in [-0.25, -0.2) is 14.8 Å². The van der Waals surface area contributed by atoms with Crippen LogP contribution in [0.3, 0.4) is 0 Å². The van der Waals surface area contributed by atoms with Crippen molar-refractivity contribution in [3.8, 4) is 5.75 Å². The van der Waals surface area contributed by atoms with Crippen LogP contribution >= 0.6 is 33.2 Å². The number of halogens is 1. The topological polar surface area (TPSA) is 563 Å². The molecule has 0 bridgehead atoms. The van der Waals surface area contributed by atoms with E-state index in [0.717, 1.165) is 56.2 Å². The molecule has 0 radical (unpaired) electrons. The average molecular weight is 1650 g/mol. The van der Waals surface area contributed by atoms with Gasteiger partial charge in [0.1, 0.15) is 17.2 Å². The van der Waals surface area contributed by atoms with Gasteiger partial charge in [0.25, 0.3) is 17.4 Å². The van der Waals surface area contributed by atoms with Crippen molar-refractivity contribution >= 4 is 177 Å². The monoisotopic (exact) mass is 1650 g/mol. The number of aromatic amines is 3. The zero-order valence-corrected chi connectivity index (χ0v) is 65.7. The Hall–Kier alpha value is -13.0. The number of ketones is 4. The number of aliphatic imine (C=N–C) groups is 1. The predicted octanol–water partition coefficient (Wildman–Crippen LogP) is 6.86. The minimum Gasteiger partial charge on any atom is -0.481 e. The van der Waals surface area contributed by atoms with Gasteiger partial charge < -0.3 is 73.6 Å². The van der Waals surface area contributed by atoms with Crippen LogP contribution in [0.1, 0.15) is 132 Å². The normalized spacial score (nSPS) is 12.8. The molecule has 1 aliphatic heterocycles. The number of guanidine groups is 1. The summed E-state index contributed by atoms with van der Waals surface area (Å²) in [4.78, 5) is 209. The molecule has 35 nitrogen and oxygen atoms in total. The van der Waals surface area contributed by atoms with E-state index in [-0.39, 0.29) is 129 Å². The van der Waals surface area contributed by atoms with E-state index in [1.54, 1.807) is 41.3 Å². The Morgan fingerprint density at radius 1 is 0.784 bits per heavy atom. The Bertz CT molecular complexity index is 5260. The van der Waals surface area contributed by atoms with Crippen molar-refractivity contribution in [2.75, 3.05) is 60.0 Å². The molecule has 5 amide bonds. The van der Waals surface area contributed by atoms with Crippen LogP contribution in [0.2, 0.25) is 0 Å². The van der Waals surface area contributed by atoms with Crippen molar-refractivity contribution in [3.05, 3.63) is 159 Å². The summed E-state index contributed by atoms with van der Waals surface area (Å²) in [6.45, 7) is 5.46. The molecular formula is C78H85ClN16O19S2. The molecule has 38 heteroatoms. The number of amides is 5. The first kappa shape index (κ1) is 90.2. The number of anilines is 3. The van der Waals surface area contributed by atoms with E-state index in [1.807, 2.05) is 73.7 Å². The number of ether oxygens (including phenoxy) is 1. The van der Waals surface area contributed by atoms with Gasteiger partial charge in [0, 0.05) is 133 Å². The van der Waals surface area contributed by atoms with Crippen molar-refractivity contribution < 1.29 is 86.9 Å². The molecule has 1 aliphatic rings. The van der Waals surface area contributed by atoms with Crippen LogP contribution in [0, 0.1) is 11.8 Å². The van der Waals surface area contributed by atoms with Gasteiger partial charge in [-0.2, -0.15) is 24.2 Å². The average Bonchev–Trinajstić information content (AvgIpc) is 1.58. The van der Waals surface area contributed by atoms with Crippen LogP contribution in [0.4, 0.5) is 22.1 Å². The van der Waals surface area contributed by atoms with Crippen molar-refractivity contribution in [1.82, 2.24) is 51.2 Å². The summed E-state index contributed by atoms with van der Waals surface area (Å²) in [7, 11) is 4.50. The minimum absolute atomic E-state index is 0.00560.